The van der Waals surface area contributed by atoms with E-state index in [-0.39, 0.29) is 0 Å². The molecule has 2 nitrogen and oxygen atoms in total. The molecule has 1 aromatic heterocycles. The minimum Gasteiger partial charge on any atom is -0.309 e. The van der Waals surface area contributed by atoms with Gasteiger partial charge in [-0.15, -0.1) is 0 Å². The first-order valence-corrected chi connectivity index (χ1v) is 20.6. The summed E-state index contributed by atoms with van der Waals surface area (Å²) in [6.07, 6.45) is 0. The van der Waals surface area contributed by atoms with Gasteiger partial charge in [-0.25, -0.2) is 0 Å². The predicted molar refractivity (Wildman–Crippen MR) is 255 cm³/mol. The van der Waals surface area contributed by atoms with E-state index in [9.17, 15) is 0 Å². The van der Waals surface area contributed by atoms with Gasteiger partial charge < -0.3 is 9.47 Å². The number of hydrogen-bond acceptors (Lipinski definition) is 1. The largest absolute Gasteiger partial charge is 0.309 e. The molecule has 0 radical (unpaired) electrons. The number of anilines is 3. The second-order valence-corrected chi connectivity index (χ2v) is 15.2. The van der Waals surface area contributed by atoms with Gasteiger partial charge in [0.15, 0.2) is 0 Å². The highest BCUT2D eigenvalue weighted by Crippen LogP contribution is 2.51. The van der Waals surface area contributed by atoms with Gasteiger partial charge in [-0.05, 0) is 75.0 Å². The van der Waals surface area contributed by atoms with Gasteiger partial charge >= 0.3 is 0 Å². The summed E-state index contributed by atoms with van der Waals surface area (Å²) in [5.41, 5.74) is 16.2. The number of para-hydroxylation sites is 3. The Balaban J connectivity index is 1.25. The number of nitrogens with zero attached hydrogens (tertiary/aromatic N) is 2. The molecule has 282 valence electrons. The highest BCUT2D eigenvalue weighted by molar-refractivity contribution is 6.18. The standard InChI is InChI=1S/C58H40N2/c1-4-21-42(22-5-1)46-30-12-15-35-51(46)60(54-38-19-33-47(43-23-6-2-7-24-43)57(54)44-26-8-3-9-27-44)56-40-20-39-55-58(56)50-32-14-17-37-53(50)59(55)52-36-16-13-31-49(52)48-34-18-28-41-25-10-11-29-45(41)48/h1-40H. The van der Waals surface area contributed by atoms with Crippen molar-refractivity contribution in [3.05, 3.63) is 243 Å². The van der Waals surface area contributed by atoms with Crippen molar-refractivity contribution >= 4 is 49.6 Å². The Morgan fingerprint density at radius 2 is 0.767 bits per heavy atom. The molecule has 0 aliphatic rings. The maximum Gasteiger partial charge on any atom is 0.0562 e. The first kappa shape index (κ1) is 35.2. The summed E-state index contributed by atoms with van der Waals surface area (Å²) >= 11 is 0. The summed E-state index contributed by atoms with van der Waals surface area (Å²) in [6.45, 7) is 0. The van der Waals surface area contributed by atoms with Gasteiger partial charge in [0.1, 0.15) is 0 Å². The van der Waals surface area contributed by atoms with Gasteiger partial charge in [0.05, 0.1) is 33.8 Å². The second kappa shape index (κ2) is 15.1. The molecule has 0 aliphatic carbocycles. The van der Waals surface area contributed by atoms with Crippen LogP contribution in [0.4, 0.5) is 17.1 Å². The van der Waals surface area contributed by atoms with Crippen LogP contribution in [0.2, 0.25) is 0 Å². The Morgan fingerprint density at radius 1 is 0.283 bits per heavy atom. The SMILES string of the molecule is c1ccc(-c2ccccc2N(c2cccc(-c3ccccc3)c2-c2ccccc2)c2cccc3c2c2ccccc2n3-c2ccccc2-c2cccc3ccccc23)cc1. The van der Waals surface area contributed by atoms with Crippen LogP contribution in [-0.4, -0.2) is 4.57 Å². The van der Waals surface area contributed by atoms with Crippen molar-refractivity contribution < 1.29 is 0 Å². The molecule has 0 bridgehead atoms. The summed E-state index contributed by atoms with van der Waals surface area (Å²) in [7, 11) is 0. The lowest BCUT2D eigenvalue weighted by atomic mass is 9.91. The Labute approximate surface area is 350 Å². The lowest BCUT2D eigenvalue weighted by Gasteiger charge is -2.31. The Kier molecular flexibility index (Phi) is 8.87. The van der Waals surface area contributed by atoms with Gasteiger partial charge in [-0.3, -0.25) is 0 Å². The van der Waals surface area contributed by atoms with Crippen LogP contribution in [0.15, 0.2) is 243 Å². The molecular formula is C58H40N2. The van der Waals surface area contributed by atoms with Crippen LogP contribution in [0.5, 0.6) is 0 Å². The maximum absolute atomic E-state index is 2.52. The molecule has 60 heavy (non-hydrogen) atoms. The Bertz CT molecular complexity index is 3300. The van der Waals surface area contributed by atoms with Crippen molar-refractivity contribution in [2.45, 2.75) is 0 Å². The normalized spacial score (nSPS) is 11.3. The summed E-state index contributed by atoms with van der Waals surface area (Å²) < 4.78 is 2.48. The van der Waals surface area contributed by atoms with Crippen LogP contribution in [-0.2, 0) is 0 Å². The Morgan fingerprint density at radius 3 is 1.55 bits per heavy atom. The van der Waals surface area contributed by atoms with Crippen LogP contribution >= 0.6 is 0 Å². The van der Waals surface area contributed by atoms with Crippen LogP contribution in [0.3, 0.4) is 0 Å². The van der Waals surface area contributed by atoms with Crippen molar-refractivity contribution in [1.29, 1.82) is 0 Å². The first-order chi connectivity index (χ1) is 29.8. The monoisotopic (exact) mass is 764 g/mol. The molecule has 10 aromatic carbocycles. The van der Waals surface area contributed by atoms with Crippen LogP contribution in [0.25, 0.3) is 82.8 Å². The topological polar surface area (TPSA) is 8.17 Å². The van der Waals surface area contributed by atoms with Crippen molar-refractivity contribution in [3.8, 4) is 50.2 Å². The molecule has 11 rings (SSSR count). The molecule has 0 aliphatic heterocycles. The third-order valence-electron chi connectivity index (χ3n) is 11.8. The summed E-state index contributed by atoms with van der Waals surface area (Å²) in [4.78, 5) is 2.52. The third-order valence-corrected chi connectivity index (χ3v) is 11.8. The molecule has 0 fully saturated rings. The van der Waals surface area contributed by atoms with Crippen molar-refractivity contribution in [1.82, 2.24) is 4.57 Å². The molecule has 0 spiro atoms. The molecular weight excluding hydrogens is 725 g/mol. The van der Waals surface area contributed by atoms with Gasteiger partial charge in [-0.2, -0.15) is 0 Å². The fourth-order valence-electron chi connectivity index (χ4n) is 9.22. The van der Waals surface area contributed by atoms with E-state index in [0.29, 0.717) is 0 Å². The van der Waals surface area contributed by atoms with Gasteiger partial charge in [-0.1, -0.05) is 206 Å². The van der Waals surface area contributed by atoms with E-state index in [1.54, 1.807) is 0 Å². The smallest absolute Gasteiger partial charge is 0.0562 e. The predicted octanol–water partition coefficient (Wildman–Crippen LogP) is 16.1. The first-order valence-electron chi connectivity index (χ1n) is 20.6. The molecule has 0 unspecified atom stereocenters. The molecule has 0 saturated carbocycles. The summed E-state index contributed by atoms with van der Waals surface area (Å²) in [5, 5.41) is 4.85. The second-order valence-electron chi connectivity index (χ2n) is 15.2. The number of fused-ring (bicyclic) bond motifs is 4. The highest BCUT2D eigenvalue weighted by atomic mass is 15.2. The van der Waals surface area contributed by atoms with Crippen molar-refractivity contribution in [2.75, 3.05) is 4.90 Å². The van der Waals surface area contributed by atoms with Gasteiger partial charge in [0.25, 0.3) is 0 Å². The van der Waals surface area contributed by atoms with Gasteiger partial charge in [0.2, 0.25) is 0 Å². The zero-order chi connectivity index (χ0) is 39.8. The molecule has 0 atom stereocenters. The average molecular weight is 765 g/mol. The third kappa shape index (κ3) is 5.97. The molecule has 1 heterocycles. The minimum atomic E-state index is 1.10. The van der Waals surface area contributed by atoms with Crippen molar-refractivity contribution in [2.24, 2.45) is 0 Å². The molecule has 0 saturated heterocycles. The number of rotatable bonds is 8. The van der Waals surface area contributed by atoms with Crippen LogP contribution in [0, 0.1) is 0 Å². The number of hydrogen-bond donors (Lipinski definition) is 0. The average Bonchev–Trinajstić information content (AvgIpc) is 3.67. The molecule has 0 amide bonds. The summed E-state index contributed by atoms with van der Waals surface area (Å²) in [5.74, 6) is 0. The summed E-state index contributed by atoms with van der Waals surface area (Å²) in [6, 6.07) is 88.0. The highest BCUT2D eigenvalue weighted by Gasteiger charge is 2.27. The van der Waals surface area contributed by atoms with E-state index in [0.717, 1.165) is 50.5 Å². The molecule has 0 N–H and O–H groups in total. The van der Waals surface area contributed by atoms with E-state index >= 15 is 0 Å². The maximum atomic E-state index is 2.52. The molecule has 11 aromatic rings. The minimum absolute atomic E-state index is 1.10. The quantitative estimate of drug-likeness (QED) is 0.150. The number of aromatic nitrogens is 1. The lowest BCUT2D eigenvalue weighted by molar-refractivity contribution is 1.18. The van der Waals surface area contributed by atoms with E-state index in [2.05, 4.69) is 252 Å². The van der Waals surface area contributed by atoms with E-state index in [1.165, 1.54) is 49.4 Å². The fourth-order valence-corrected chi connectivity index (χ4v) is 9.22. The van der Waals surface area contributed by atoms with Gasteiger partial charge in [0, 0.05) is 27.5 Å². The zero-order valence-electron chi connectivity index (χ0n) is 33.0. The lowest BCUT2D eigenvalue weighted by Crippen LogP contribution is -2.13. The van der Waals surface area contributed by atoms with Crippen LogP contribution in [0.1, 0.15) is 0 Å². The van der Waals surface area contributed by atoms with E-state index in [1.807, 2.05) is 0 Å². The van der Waals surface area contributed by atoms with E-state index < -0.39 is 0 Å². The van der Waals surface area contributed by atoms with Crippen molar-refractivity contribution in [3.63, 3.8) is 0 Å². The zero-order valence-corrected chi connectivity index (χ0v) is 33.0. The fraction of sp³-hybridized carbons (Fsp3) is 0. The molecule has 2 heteroatoms. The van der Waals surface area contributed by atoms with Crippen LogP contribution < -0.4 is 4.90 Å². The Hall–Kier alpha value is -7.94. The number of benzene rings is 10. The van der Waals surface area contributed by atoms with E-state index in [4.69, 9.17) is 0 Å².